The number of carbonyl (C=O) groups is 1. The Hall–Kier alpha value is -2.09. The lowest BCUT2D eigenvalue weighted by Gasteiger charge is -2.32. The number of rotatable bonds is 6. The fourth-order valence-corrected chi connectivity index (χ4v) is 6.32. The van der Waals surface area contributed by atoms with Gasteiger partial charge >= 0.3 is 0 Å². The summed E-state index contributed by atoms with van der Waals surface area (Å²) in [5.41, 5.74) is 2.28. The predicted molar refractivity (Wildman–Crippen MR) is 132 cm³/mol. The van der Waals surface area contributed by atoms with Crippen LogP contribution in [0.15, 0.2) is 53.4 Å². The molecule has 0 saturated carbocycles. The summed E-state index contributed by atoms with van der Waals surface area (Å²) in [5.74, 6) is -0.463. The molecule has 0 aromatic heterocycles. The molecule has 1 N–H and O–H groups in total. The van der Waals surface area contributed by atoms with Crippen LogP contribution in [-0.4, -0.2) is 44.8 Å². The molecule has 2 atom stereocenters. The van der Waals surface area contributed by atoms with Crippen molar-refractivity contribution in [1.82, 2.24) is 9.62 Å². The maximum absolute atomic E-state index is 13.0. The lowest BCUT2D eigenvalue weighted by Crippen LogP contribution is -2.45. The van der Waals surface area contributed by atoms with Gasteiger partial charge < -0.3 is 10.2 Å². The minimum atomic E-state index is -3.65. The molecular formula is C25H32ClN3O3S. The number of amides is 1. The highest BCUT2D eigenvalue weighted by molar-refractivity contribution is 7.89. The van der Waals surface area contributed by atoms with Crippen LogP contribution in [0.4, 0.5) is 5.69 Å². The SMILES string of the molecule is CC(NC(=O)C1CCCN(S(=O)(=O)c2ccc(Cl)cc2)C1)c1ccc(N2CCCCC2)cc1. The normalized spacial score (nSPS) is 20.9. The van der Waals surface area contributed by atoms with Gasteiger partial charge in [-0.1, -0.05) is 23.7 Å². The Labute approximate surface area is 202 Å². The number of halogens is 1. The van der Waals surface area contributed by atoms with Crippen molar-refractivity contribution < 1.29 is 13.2 Å². The molecule has 2 aliphatic rings. The summed E-state index contributed by atoms with van der Waals surface area (Å²) in [6.07, 6.45) is 5.11. The molecule has 2 aromatic carbocycles. The summed E-state index contributed by atoms with van der Waals surface area (Å²) in [6, 6.07) is 14.4. The van der Waals surface area contributed by atoms with Crippen molar-refractivity contribution in [2.75, 3.05) is 31.1 Å². The minimum absolute atomic E-state index is 0.0985. The standard InChI is InChI=1S/C25H32ClN3O3S/c1-19(20-7-11-23(12-8-20)28-15-3-2-4-16-28)27-25(30)21-6-5-17-29(18-21)33(31,32)24-13-9-22(26)10-14-24/h7-14,19,21H,2-6,15-18H2,1H3,(H,27,30). The van der Waals surface area contributed by atoms with Crippen LogP contribution in [0.3, 0.4) is 0 Å². The molecule has 6 nitrogen and oxygen atoms in total. The van der Waals surface area contributed by atoms with Gasteiger partial charge in [-0.15, -0.1) is 0 Å². The smallest absolute Gasteiger partial charge is 0.243 e. The maximum Gasteiger partial charge on any atom is 0.243 e. The van der Waals surface area contributed by atoms with Gasteiger partial charge in [-0.3, -0.25) is 4.79 Å². The zero-order chi connectivity index (χ0) is 23.4. The summed E-state index contributed by atoms with van der Waals surface area (Å²) in [6.45, 7) is 4.78. The van der Waals surface area contributed by atoms with E-state index in [1.54, 1.807) is 12.1 Å². The van der Waals surface area contributed by atoms with Crippen molar-refractivity contribution in [3.05, 3.63) is 59.1 Å². The van der Waals surface area contributed by atoms with E-state index in [1.165, 1.54) is 41.4 Å². The quantitative estimate of drug-likeness (QED) is 0.643. The zero-order valence-corrected chi connectivity index (χ0v) is 20.6. The average Bonchev–Trinajstić information content (AvgIpc) is 2.85. The highest BCUT2D eigenvalue weighted by Gasteiger charge is 2.33. The predicted octanol–water partition coefficient (Wildman–Crippen LogP) is 4.61. The number of nitrogens with one attached hydrogen (secondary N) is 1. The number of carbonyl (C=O) groups excluding carboxylic acids is 1. The largest absolute Gasteiger partial charge is 0.372 e. The molecule has 2 heterocycles. The summed E-state index contributed by atoms with van der Waals surface area (Å²) in [5, 5.41) is 3.58. The van der Waals surface area contributed by atoms with Crippen LogP contribution in [-0.2, 0) is 14.8 Å². The van der Waals surface area contributed by atoms with Crippen molar-refractivity contribution in [2.45, 2.75) is 50.0 Å². The topological polar surface area (TPSA) is 69.7 Å². The van der Waals surface area contributed by atoms with Gasteiger partial charge in [-0.05, 0) is 81.0 Å². The molecule has 0 aliphatic carbocycles. The van der Waals surface area contributed by atoms with E-state index in [0.717, 1.165) is 18.7 Å². The Morgan fingerprint density at radius 2 is 1.64 bits per heavy atom. The molecule has 8 heteroatoms. The first-order chi connectivity index (χ1) is 15.8. The van der Waals surface area contributed by atoms with E-state index in [4.69, 9.17) is 11.6 Å². The van der Waals surface area contributed by atoms with Crippen LogP contribution in [0.2, 0.25) is 5.02 Å². The second kappa shape index (κ2) is 10.5. The van der Waals surface area contributed by atoms with E-state index in [2.05, 4.69) is 34.5 Å². The van der Waals surface area contributed by atoms with Gasteiger partial charge in [-0.25, -0.2) is 8.42 Å². The first-order valence-corrected chi connectivity index (χ1v) is 13.6. The van der Waals surface area contributed by atoms with Crippen LogP contribution in [0.1, 0.15) is 50.6 Å². The maximum atomic E-state index is 13.0. The Morgan fingerprint density at radius 3 is 2.30 bits per heavy atom. The minimum Gasteiger partial charge on any atom is -0.372 e. The van der Waals surface area contributed by atoms with Gasteiger partial charge in [-0.2, -0.15) is 4.31 Å². The van der Waals surface area contributed by atoms with Crippen LogP contribution in [0.25, 0.3) is 0 Å². The zero-order valence-electron chi connectivity index (χ0n) is 19.0. The number of nitrogens with zero attached hydrogens (tertiary/aromatic N) is 2. The molecule has 1 amide bonds. The first kappa shape index (κ1) is 24.0. The average molecular weight is 490 g/mol. The van der Waals surface area contributed by atoms with Crippen molar-refractivity contribution in [3.63, 3.8) is 0 Å². The molecule has 0 radical (unpaired) electrons. The molecule has 178 valence electrons. The third kappa shape index (κ3) is 5.70. The van der Waals surface area contributed by atoms with E-state index in [-0.39, 0.29) is 29.3 Å². The number of anilines is 1. The van der Waals surface area contributed by atoms with Crippen molar-refractivity contribution in [2.24, 2.45) is 5.92 Å². The van der Waals surface area contributed by atoms with Gasteiger partial charge in [0.05, 0.1) is 16.9 Å². The second-order valence-corrected chi connectivity index (χ2v) is 11.4. The van der Waals surface area contributed by atoms with Gasteiger partial charge in [0, 0.05) is 36.9 Å². The summed E-state index contributed by atoms with van der Waals surface area (Å²) in [4.78, 5) is 15.6. The molecule has 2 aliphatic heterocycles. The number of hydrogen-bond acceptors (Lipinski definition) is 4. The lowest BCUT2D eigenvalue weighted by molar-refractivity contribution is -0.126. The second-order valence-electron chi connectivity index (χ2n) is 9.03. The highest BCUT2D eigenvalue weighted by Crippen LogP contribution is 2.26. The van der Waals surface area contributed by atoms with Gasteiger partial charge in [0.15, 0.2) is 0 Å². The number of sulfonamides is 1. The first-order valence-electron chi connectivity index (χ1n) is 11.8. The monoisotopic (exact) mass is 489 g/mol. The fraction of sp³-hybridized carbons (Fsp3) is 0.480. The van der Waals surface area contributed by atoms with Gasteiger partial charge in [0.2, 0.25) is 15.9 Å². The molecule has 2 saturated heterocycles. The van der Waals surface area contributed by atoms with Crippen molar-refractivity contribution in [3.8, 4) is 0 Å². The highest BCUT2D eigenvalue weighted by atomic mass is 35.5. The Kier molecular flexibility index (Phi) is 7.62. The van der Waals surface area contributed by atoms with E-state index in [0.29, 0.717) is 24.4 Å². The van der Waals surface area contributed by atoms with Gasteiger partial charge in [0.25, 0.3) is 0 Å². The van der Waals surface area contributed by atoms with Crippen molar-refractivity contribution in [1.29, 1.82) is 0 Å². The number of piperidine rings is 2. The molecule has 0 spiro atoms. The number of benzene rings is 2. The Balaban J connectivity index is 1.37. The van der Waals surface area contributed by atoms with E-state index >= 15 is 0 Å². The molecule has 2 aromatic rings. The molecule has 33 heavy (non-hydrogen) atoms. The van der Waals surface area contributed by atoms with Crippen LogP contribution >= 0.6 is 11.6 Å². The third-order valence-electron chi connectivity index (χ3n) is 6.68. The van der Waals surface area contributed by atoms with Gasteiger partial charge in [0.1, 0.15) is 0 Å². The molecule has 4 rings (SSSR count). The Morgan fingerprint density at radius 1 is 0.970 bits per heavy atom. The van der Waals surface area contributed by atoms with E-state index in [9.17, 15) is 13.2 Å². The van der Waals surface area contributed by atoms with E-state index < -0.39 is 10.0 Å². The Bertz CT molecular complexity index is 1050. The van der Waals surface area contributed by atoms with Crippen molar-refractivity contribution >= 4 is 33.2 Å². The molecule has 2 unspecified atom stereocenters. The van der Waals surface area contributed by atoms with E-state index in [1.807, 2.05) is 6.92 Å². The number of hydrogen-bond donors (Lipinski definition) is 1. The molecular weight excluding hydrogens is 458 g/mol. The third-order valence-corrected chi connectivity index (χ3v) is 8.81. The molecule has 0 bridgehead atoms. The fourth-order valence-electron chi connectivity index (χ4n) is 4.67. The van der Waals surface area contributed by atoms with Crippen LogP contribution in [0.5, 0.6) is 0 Å². The molecule has 2 fully saturated rings. The lowest BCUT2D eigenvalue weighted by atomic mass is 9.97. The van der Waals surface area contributed by atoms with Crippen LogP contribution < -0.4 is 10.2 Å². The summed E-state index contributed by atoms with van der Waals surface area (Å²) < 4.78 is 27.5. The summed E-state index contributed by atoms with van der Waals surface area (Å²) in [7, 11) is -3.65. The summed E-state index contributed by atoms with van der Waals surface area (Å²) >= 11 is 5.90. The van der Waals surface area contributed by atoms with Crippen LogP contribution in [0, 0.1) is 5.92 Å².